The van der Waals surface area contributed by atoms with Gasteiger partial charge in [0.1, 0.15) is 18.2 Å². The van der Waals surface area contributed by atoms with Crippen molar-refractivity contribution in [1.82, 2.24) is 10.2 Å². The number of nitrogens with one attached hydrogen (secondary N) is 1. The third-order valence-electron chi connectivity index (χ3n) is 4.99. The summed E-state index contributed by atoms with van der Waals surface area (Å²) in [7, 11) is 1.24. The lowest BCUT2D eigenvalue weighted by Gasteiger charge is -2.34. The second-order valence-corrected chi connectivity index (χ2v) is 8.17. The number of amides is 2. The Hall–Kier alpha value is -1.83. The quantitative estimate of drug-likeness (QED) is 0.721. The van der Waals surface area contributed by atoms with Crippen molar-refractivity contribution in [2.45, 2.75) is 77.2 Å². The molecule has 0 aromatic heterocycles. The molecule has 8 heteroatoms. The molecule has 2 amide bonds. The summed E-state index contributed by atoms with van der Waals surface area (Å²) in [5.74, 6) is -0.996. The van der Waals surface area contributed by atoms with Crippen molar-refractivity contribution in [2.24, 2.45) is 5.41 Å². The van der Waals surface area contributed by atoms with Crippen LogP contribution in [0.3, 0.4) is 0 Å². The van der Waals surface area contributed by atoms with Crippen LogP contribution in [0.1, 0.15) is 52.9 Å². The monoisotopic (exact) mass is 370 g/mol. The highest BCUT2D eigenvalue weighted by atomic mass is 16.6. The van der Waals surface area contributed by atoms with E-state index in [4.69, 9.17) is 9.47 Å². The molecule has 8 nitrogen and oxygen atoms in total. The maximum absolute atomic E-state index is 13.1. The number of rotatable bonds is 4. The van der Waals surface area contributed by atoms with Gasteiger partial charge in [0.05, 0.1) is 13.2 Å². The number of methoxy groups -OCH3 is 1. The molecule has 0 aromatic carbocycles. The van der Waals surface area contributed by atoms with E-state index < -0.39 is 41.6 Å². The molecule has 148 valence electrons. The minimum Gasteiger partial charge on any atom is -0.467 e. The predicted molar refractivity (Wildman–Crippen MR) is 93.3 cm³/mol. The third-order valence-corrected chi connectivity index (χ3v) is 4.99. The lowest BCUT2D eigenvalue weighted by Crippen LogP contribution is -2.57. The summed E-state index contributed by atoms with van der Waals surface area (Å²) in [6.45, 7) is 5.51. The molecule has 1 saturated carbocycles. The number of aliphatic hydroxyl groups is 1. The van der Waals surface area contributed by atoms with Crippen molar-refractivity contribution in [3.05, 3.63) is 0 Å². The molecule has 1 aliphatic heterocycles. The third kappa shape index (κ3) is 4.87. The number of nitrogens with zero attached hydrogens (tertiary/aromatic N) is 1. The molecule has 1 saturated heterocycles. The van der Waals surface area contributed by atoms with E-state index in [0.29, 0.717) is 0 Å². The van der Waals surface area contributed by atoms with E-state index in [1.165, 1.54) is 12.0 Å². The fraction of sp³-hybridized carbons (Fsp3) is 0.833. The van der Waals surface area contributed by atoms with E-state index in [-0.39, 0.29) is 19.1 Å². The van der Waals surface area contributed by atoms with E-state index in [9.17, 15) is 19.5 Å². The summed E-state index contributed by atoms with van der Waals surface area (Å²) in [6.07, 6.45) is 2.34. The molecule has 3 atom stereocenters. The molecule has 2 N–H and O–H groups in total. The lowest BCUT2D eigenvalue weighted by molar-refractivity contribution is -0.152. The van der Waals surface area contributed by atoms with Crippen molar-refractivity contribution in [3.8, 4) is 0 Å². The topological polar surface area (TPSA) is 105 Å². The van der Waals surface area contributed by atoms with Crippen LogP contribution < -0.4 is 5.32 Å². The van der Waals surface area contributed by atoms with Crippen molar-refractivity contribution in [3.63, 3.8) is 0 Å². The highest BCUT2D eigenvalue weighted by molar-refractivity contribution is 5.90. The highest BCUT2D eigenvalue weighted by Gasteiger charge is 2.45. The van der Waals surface area contributed by atoms with Crippen molar-refractivity contribution in [1.29, 1.82) is 0 Å². The van der Waals surface area contributed by atoms with Gasteiger partial charge in [-0.25, -0.2) is 9.59 Å². The first kappa shape index (κ1) is 20.5. The van der Waals surface area contributed by atoms with Crippen LogP contribution in [0.4, 0.5) is 4.79 Å². The van der Waals surface area contributed by atoms with Crippen LogP contribution >= 0.6 is 0 Å². The zero-order valence-corrected chi connectivity index (χ0v) is 16.0. The van der Waals surface area contributed by atoms with E-state index in [2.05, 4.69) is 5.32 Å². The number of likely N-dealkylation sites (tertiary alicyclic amines) is 1. The van der Waals surface area contributed by atoms with Crippen LogP contribution in [0.2, 0.25) is 0 Å². The van der Waals surface area contributed by atoms with E-state index in [0.717, 1.165) is 25.7 Å². The molecular formula is C18H30N2O6. The molecule has 2 rings (SSSR count). The molecule has 0 aromatic rings. The molecule has 0 bridgehead atoms. The van der Waals surface area contributed by atoms with E-state index >= 15 is 0 Å². The number of β-amino-alcohol motifs (C(OH)–C–C–N with tert-alkyl or cyclic N) is 1. The van der Waals surface area contributed by atoms with Crippen molar-refractivity contribution in [2.75, 3.05) is 13.7 Å². The Labute approximate surface area is 154 Å². The molecule has 0 unspecified atom stereocenters. The van der Waals surface area contributed by atoms with Crippen LogP contribution in [-0.4, -0.2) is 65.9 Å². The Bertz CT molecular complexity index is 538. The van der Waals surface area contributed by atoms with Gasteiger partial charge >= 0.3 is 12.1 Å². The summed E-state index contributed by atoms with van der Waals surface area (Å²) >= 11 is 0. The van der Waals surface area contributed by atoms with Gasteiger partial charge in [-0.1, -0.05) is 20.8 Å². The molecule has 2 fully saturated rings. The number of ether oxygens (including phenoxy) is 2. The number of aliphatic hydroxyl groups excluding tert-OH is 1. The normalized spacial score (nSPS) is 25.0. The predicted octanol–water partition coefficient (Wildman–Crippen LogP) is 1.20. The summed E-state index contributed by atoms with van der Waals surface area (Å²) in [4.78, 5) is 38.6. The van der Waals surface area contributed by atoms with Crippen LogP contribution in [0.15, 0.2) is 0 Å². The summed E-state index contributed by atoms with van der Waals surface area (Å²) in [6, 6.07) is -1.73. The van der Waals surface area contributed by atoms with E-state index in [1.54, 1.807) is 0 Å². The Balaban J connectivity index is 2.10. The highest BCUT2D eigenvalue weighted by Crippen LogP contribution is 2.27. The van der Waals surface area contributed by atoms with Gasteiger partial charge in [-0.3, -0.25) is 4.79 Å². The van der Waals surface area contributed by atoms with Crippen LogP contribution in [0, 0.1) is 5.41 Å². The fourth-order valence-electron chi connectivity index (χ4n) is 3.54. The second-order valence-electron chi connectivity index (χ2n) is 8.17. The molecule has 1 heterocycles. The maximum Gasteiger partial charge on any atom is 0.408 e. The Morgan fingerprint density at radius 2 is 1.81 bits per heavy atom. The fourth-order valence-corrected chi connectivity index (χ4v) is 3.54. The van der Waals surface area contributed by atoms with Gasteiger partial charge in [-0.2, -0.15) is 0 Å². The number of hydrogen-bond acceptors (Lipinski definition) is 6. The van der Waals surface area contributed by atoms with E-state index in [1.807, 2.05) is 20.8 Å². The average Bonchev–Trinajstić information content (AvgIpc) is 3.19. The molecule has 0 spiro atoms. The second kappa shape index (κ2) is 8.24. The standard InChI is InChI=1S/C18H30N2O6/c1-18(2,3)14(19-17(24)26-12-7-5-6-8-12)15(22)20-10-11(21)9-13(20)16(23)25-4/h11-14,21H,5-10H2,1-4H3,(H,19,24)/t11-,13-,14+/m0/s1. The smallest absolute Gasteiger partial charge is 0.408 e. The van der Waals surface area contributed by atoms with Gasteiger partial charge in [0.2, 0.25) is 5.91 Å². The Kier molecular flexibility index (Phi) is 6.49. The lowest BCUT2D eigenvalue weighted by atomic mass is 9.85. The Morgan fingerprint density at radius 1 is 1.19 bits per heavy atom. The zero-order valence-electron chi connectivity index (χ0n) is 16.0. The average molecular weight is 370 g/mol. The first-order valence-corrected chi connectivity index (χ1v) is 9.17. The molecular weight excluding hydrogens is 340 g/mol. The largest absolute Gasteiger partial charge is 0.467 e. The number of hydrogen-bond donors (Lipinski definition) is 2. The molecule has 1 aliphatic carbocycles. The SMILES string of the molecule is COC(=O)[C@@H]1C[C@H](O)CN1C(=O)[C@@H](NC(=O)OC1CCCC1)C(C)(C)C. The first-order chi connectivity index (χ1) is 12.1. The van der Waals surface area contributed by atoms with Gasteiger partial charge in [-0.05, 0) is 31.1 Å². The van der Waals surface area contributed by atoms with Crippen molar-refractivity contribution >= 4 is 18.0 Å². The first-order valence-electron chi connectivity index (χ1n) is 9.17. The zero-order chi connectivity index (χ0) is 19.5. The van der Waals surface area contributed by atoms with Gasteiger partial charge < -0.3 is 24.8 Å². The molecule has 26 heavy (non-hydrogen) atoms. The van der Waals surface area contributed by atoms with Gasteiger partial charge in [0, 0.05) is 13.0 Å². The number of carbonyl (C=O) groups is 3. The summed E-state index contributed by atoms with van der Waals surface area (Å²) in [5.41, 5.74) is -0.597. The molecule has 0 radical (unpaired) electrons. The minimum atomic E-state index is -0.881. The number of esters is 1. The Morgan fingerprint density at radius 3 is 2.35 bits per heavy atom. The van der Waals surface area contributed by atoms with Gasteiger partial charge in [0.15, 0.2) is 0 Å². The van der Waals surface area contributed by atoms with Gasteiger partial charge in [0.25, 0.3) is 0 Å². The van der Waals surface area contributed by atoms with Crippen molar-refractivity contribution < 1.29 is 29.0 Å². The summed E-state index contributed by atoms with van der Waals surface area (Å²) in [5, 5.41) is 12.6. The van der Waals surface area contributed by atoms with Crippen LogP contribution in [-0.2, 0) is 19.1 Å². The van der Waals surface area contributed by atoms with Crippen LogP contribution in [0.25, 0.3) is 0 Å². The summed E-state index contributed by atoms with van der Waals surface area (Å²) < 4.78 is 10.1. The minimum absolute atomic E-state index is 0.0323. The number of alkyl carbamates (subject to hydrolysis) is 1. The number of carbonyl (C=O) groups excluding carboxylic acids is 3. The van der Waals surface area contributed by atoms with Gasteiger partial charge in [-0.15, -0.1) is 0 Å². The van der Waals surface area contributed by atoms with Crippen LogP contribution in [0.5, 0.6) is 0 Å². The maximum atomic E-state index is 13.1. The molecule has 2 aliphatic rings.